The fourth-order valence-electron chi connectivity index (χ4n) is 2.39. The molecule has 0 amide bonds. The van der Waals surface area contributed by atoms with Crippen LogP contribution in [0.1, 0.15) is 5.56 Å². The van der Waals surface area contributed by atoms with E-state index in [2.05, 4.69) is 59.0 Å². The zero-order chi connectivity index (χ0) is 21.7. The third-order valence-corrected chi connectivity index (χ3v) is 5.60. The van der Waals surface area contributed by atoms with Crippen molar-refractivity contribution in [2.75, 3.05) is 7.11 Å². The summed E-state index contributed by atoms with van der Waals surface area (Å²) in [6.45, 7) is 0. The van der Waals surface area contributed by atoms with Gasteiger partial charge in [0.05, 0.1) is 12.7 Å². The van der Waals surface area contributed by atoms with Crippen LogP contribution in [0.3, 0.4) is 0 Å². The summed E-state index contributed by atoms with van der Waals surface area (Å²) in [6.07, 6.45) is -4.80. The van der Waals surface area contributed by atoms with E-state index >= 15 is 0 Å². The number of hydrogen-bond donors (Lipinski definition) is 1. The molecule has 0 fully saturated rings. The predicted molar refractivity (Wildman–Crippen MR) is 112 cm³/mol. The highest BCUT2D eigenvalue weighted by Gasteiger charge is 2.36. The number of benzene rings is 3. The van der Waals surface area contributed by atoms with Crippen molar-refractivity contribution in [1.29, 1.82) is 0 Å². The summed E-state index contributed by atoms with van der Waals surface area (Å²) in [5.41, 5.74) is 1.11. The SMILES string of the molecule is COc1ccc(-c2ccccc2I)cc1.O=S(=O)(O)c1ccccc1C(F)(F)F. The molecule has 9 heteroatoms. The van der Waals surface area contributed by atoms with Crippen LogP contribution in [0.25, 0.3) is 11.1 Å². The number of halogens is 4. The van der Waals surface area contributed by atoms with Gasteiger partial charge in [-0.25, -0.2) is 0 Å². The lowest BCUT2D eigenvalue weighted by molar-refractivity contribution is -0.140. The molecule has 0 aliphatic carbocycles. The second kappa shape index (κ2) is 9.59. The largest absolute Gasteiger partial charge is 0.497 e. The van der Waals surface area contributed by atoms with Crippen LogP contribution in [-0.4, -0.2) is 20.1 Å². The minimum Gasteiger partial charge on any atom is -0.497 e. The number of rotatable bonds is 3. The van der Waals surface area contributed by atoms with Crippen LogP contribution in [0.4, 0.5) is 13.2 Å². The first-order valence-electron chi connectivity index (χ1n) is 8.06. The van der Waals surface area contributed by atoms with Gasteiger partial charge in [-0.15, -0.1) is 0 Å². The van der Waals surface area contributed by atoms with Crippen LogP contribution in [0, 0.1) is 3.57 Å². The molecule has 4 nitrogen and oxygen atoms in total. The summed E-state index contributed by atoms with van der Waals surface area (Å²) in [6, 6.07) is 19.9. The van der Waals surface area contributed by atoms with Gasteiger partial charge in [0.1, 0.15) is 10.6 Å². The summed E-state index contributed by atoms with van der Waals surface area (Å²) in [5.74, 6) is 0.893. The molecule has 0 radical (unpaired) electrons. The van der Waals surface area contributed by atoms with Gasteiger partial charge in [-0.3, -0.25) is 4.55 Å². The summed E-state index contributed by atoms with van der Waals surface area (Å²) in [5, 5.41) is 0. The Bertz CT molecular complexity index is 1070. The van der Waals surface area contributed by atoms with Crippen LogP contribution in [-0.2, 0) is 16.3 Å². The molecule has 0 aliphatic heterocycles. The van der Waals surface area contributed by atoms with Gasteiger partial charge < -0.3 is 4.74 Å². The number of alkyl halides is 3. The second-order valence-electron chi connectivity index (χ2n) is 5.68. The minimum atomic E-state index is -4.84. The molecule has 0 unspecified atom stereocenters. The molecule has 29 heavy (non-hydrogen) atoms. The highest BCUT2D eigenvalue weighted by Crippen LogP contribution is 2.33. The van der Waals surface area contributed by atoms with E-state index in [1.165, 1.54) is 14.7 Å². The highest BCUT2D eigenvalue weighted by molar-refractivity contribution is 14.1. The van der Waals surface area contributed by atoms with Gasteiger partial charge in [0.15, 0.2) is 0 Å². The quantitative estimate of drug-likeness (QED) is 0.334. The van der Waals surface area contributed by atoms with Crippen LogP contribution in [0.15, 0.2) is 77.7 Å². The molecule has 3 rings (SSSR count). The lowest BCUT2D eigenvalue weighted by Crippen LogP contribution is -2.12. The smallest absolute Gasteiger partial charge is 0.417 e. The van der Waals surface area contributed by atoms with Gasteiger partial charge >= 0.3 is 6.18 Å². The van der Waals surface area contributed by atoms with Gasteiger partial charge in [0, 0.05) is 3.57 Å². The van der Waals surface area contributed by atoms with Crippen molar-refractivity contribution >= 4 is 32.7 Å². The normalized spacial score (nSPS) is 11.4. The Kier molecular flexibility index (Phi) is 7.66. The minimum absolute atomic E-state index is 0.586. The molecular weight excluding hydrogens is 520 g/mol. The topological polar surface area (TPSA) is 63.6 Å². The van der Waals surface area contributed by atoms with Gasteiger partial charge in [-0.05, 0) is 64.0 Å². The molecule has 3 aromatic rings. The van der Waals surface area contributed by atoms with Crippen LogP contribution < -0.4 is 4.74 Å². The maximum absolute atomic E-state index is 12.2. The Hall–Kier alpha value is -2.11. The van der Waals surface area contributed by atoms with Crippen LogP contribution >= 0.6 is 22.6 Å². The molecule has 3 aromatic carbocycles. The van der Waals surface area contributed by atoms with Crippen LogP contribution in [0.2, 0.25) is 0 Å². The Labute approximate surface area is 180 Å². The molecule has 0 heterocycles. The zero-order valence-electron chi connectivity index (χ0n) is 15.0. The van der Waals surface area contributed by atoms with Crippen molar-refractivity contribution in [2.45, 2.75) is 11.1 Å². The summed E-state index contributed by atoms with van der Waals surface area (Å²) >= 11 is 2.35. The molecule has 0 spiro atoms. The third kappa shape index (κ3) is 6.44. The standard InChI is InChI=1S/C13H11IO.C7H5F3O3S/c1-15-11-8-6-10(7-9-11)12-4-2-3-5-13(12)14;8-7(9,10)5-3-1-2-4-6(5)14(11,12)13/h2-9H,1H3;1-4H,(H,11,12,13). The van der Waals surface area contributed by atoms with Crippen molar-refractivity contribution in [3.63, 3.8) is 0 Å². The maximum atomic E-state index is 12.2. The lowest BCUT2D eigenvalue weighted by atomic mass is 10.1. The molecule has 0 bridgehead atoms. The van der Waals surface area contributed by atoms with Gasteiger partial charge in [0.2, 0.25) is 0 Å². The zero-order valence-corrected chi connectivity index (χ0v) is 18.0. The van der Waals surface area contributed by atoms with E-state index in [1.54, 1.807) is 7.11 Å². The van der Waals surface area contributed by atoms with E-state index in [0.29, 0.717) is 12.1 Å². The van der Waals surface area contributed by atoms with Crippen LogP contribution in [0.5, 0.6) is 5.75 Å². The molecule has 154 valence electrons. The maximum Gasteiger partial charge on any atom is 0.417 e. The van der Waals surface area contributed by atoms with Gasteiger partial charge in [-0.2, -0.15) is 21.6 Å². The van der Waals surface area contributed by atoms with E-state index in [1.807, 2.05) is 12.1 Å². The van der Waals surface area contributed by atoms with Gasteiger partial charge in [0.25, 0.3) is 10.1 Å². The van der Waals surface area contributed by atoms with E-state index in [4.69, 9.17) is 9.29 Å². The van der Waals surface area contributed by atoms with Crippen molar-refractivity contribution in [3.8, 4) is 16.9 Å². The summed E-state index contributed by atoms with van der Waals surface area (Å²) < 4.78 is 72.6. The molecule has 0 saturated heterocycles. The first-order valence-corrected chi connectivity index (χ1v) is 10.6. The van der Waals surface area contributed by atoms with Crippen molar-refractivity contribution in [1.82, 2.24) is 0 Å². The molecule has 1 N–H and O–H groups in total. The third-order valence-electron chi connectivity index (χ3n) is 3.75. The first kappa shape index (κ1) is 23.2. The molecule has 0 aromatic heterocycles. The van der Waals surface area contributed by atoms with Crippen molar-refractivity contribution in [2.24, 2.45) is 0 Å². The highest BCUT2D eigenvalue weighted by atomic mass is 127. The van der Waals surface area contributed by atoms with E-state index < -0.39 is 26.8 Å². The van der Waals surface area contributed by atoms with Crippen molar-refractivity contribution in [3.05, 3.63) is 81.9 Å². The average Bonchev–Trinajstić information content (AvgIpc) is 2.68. The number of ether oxygens (including phenoxy) is 1. The van der Waals surface area contributed by atoms with E-state index in [0.717, 1.165) is 17.9 Å². The number of hydrogen-bond acceptors (Lipinski definition) is 3. The fraction of sp³-hybridized carbons (Fsp3) is 0.100. The Morgan fingerprint density at radius 2 is 1.45 bits per heavy atom. The Balaban J connectivity index is 0.000000208. The number of methoxy groups -OCH3 is 1. The molecule has 0 atom stereocenters. The fourth-order valence-corrected chi connectivity index (χ4v) is 3.80. The molecule has 0 aliphatic rings. The Morgan fingerprint density at radius 1 is 0.897 bits per heavy atom. The molecular formula is C20H16F3IO4S. The second-order valence-corrected chi connectivity index (χ2v) is 8.23. The summed E-state index contributed by atoms with van der Waals surface area (Å²) in [4.78, 5) is -1.13. The van der Waals surface area contributed by atoms with Crippen molar-refractivity contribution < 1.29 is 30.9 Å². The van der Waals surface area contributed by atoms with Gasteiger partial charge in [-0.1, -0.05) is 42.5 Å². The lowest BCUT2D eigenvalue weighted by Gasteiger charge is -2.09. The predicted octanol–water partition coefficient (Wildman–Crippen LogP) is 5.92. The first-order chi connectivity index (χ1) is 13.5. The average molecular weight is 536 g/mol. The monoisotopic (exact) mass is 536 g/mol. The Morgan fingerprint density at radius 3 is 1.93 bits per heavy atom. The van der Waals surface area contributed by atoms with E-state index in [9.17, 15) is 21.6 Å². The molecule has 0 saturated carbocycles. The summed E-state index contributed by atoms with van der Waals surface area (Å²) in [7, 11) is -3.15. The van der Waals surface area contributed by atoms with E-state index in [-0.39, 0.29) is 0 Å².